The Hall–Kier alpha value is -0.340. The van der Waals surface area contributed by atoms with Crippen molar-refractivity contribution in [3.05, 3.63) is 28.8 Å². The van der Waals surface area contributed by atoms with Crippen LogP contribution in [0.1, 0.15) is 12.0 Å². The van der Waals surface area contributed by atoms with E-state index in [1.807, 2.05) is 0 Å². The molecule has 2 rings (SSSR count). The van der Waals surface area contributed by atoms with Crippen molar-refractivity contribution < 1.29 is 8.42 Å². The highest BCUT2D eigenvalue weighted by Gasteiger charge is 2.25. The summed E-state index contributed by atoms with van der Waals surface area (Å²) in [7, 11) is -3.60. The van der Waals surface area contributed by atoms with E-state index in [0.717, 1.165) is 17.9 Å². The third kappa shape index (κ3) is 3.61. The van der Waals surface area contributed by atoms with Gasteiger partial charge in [0.05, 0.1) is 5.02 Å². The number of benzene rings is 1. The van der Waals surface area contributed by atoms with E-state index in [1.165, 1.54) is 12.1 Å². The van der Waals surface area contributed by atoms with Gasteiger partial charge in [0, 0.05) is 17.4 Å². The van der Waals surface area contributed by atoms with Crippen molar-refractivity contribution in [3.8, 4) is 0 Å². The molecule has 0 radical (unpaired) electrons. The Morgan fingerprint density at radius 1 is 1.53 bits per heavy atom. The molecule has 1 atom stereocenters. The van der Waals surface area contributed by atoms with Crippen LogP contribution in [0.3, 0.4) is 0 Å². The van der Waals surface area contributed by atoms with Crippen LogP contribution in [0.4, 0.5) is 0 Å². The molecule has 1 aromatic carbocycles. The molecule has 1 unspecified atom stereocenters. The van der Waals surface area contributed by atoms with Gasteiger partial charge in [0.1, 0.15) is 9.88 Å². The summed E-state index contributed by atoms with van der Waals surface area (Å²) in [4.78, 5) is 0.247. The highest BCUT2D eigenvalue weighted by atomic mass is 35.5. The molecular weight excluding hydrogens is 324 g/mol. The second-order valence-electron chi connectivity index (χ2n) is 4.19. The summed E-state index contributed by atoms with van der Waals surface area (Å²) in [5, 5.41) is 0.128. The largest absolute Gasteiger partial charge is 0.389 e. The van der Waals surface area contributed by atoms with E-state index in [2.05, 4.69) is 4.72 Å². The number of hydrogen-bond acceptors (Lipinski definition) is 4. The lowest BCUT2D eigenvalue weighted by Gasteiger charge is -2.13. The Morgan fingerprint density at radius 3 is 2.79 bits per heavy atom. The van der Waals surface area contributed by atoms with Gasteiger partial charge in [-0.15, -0.1) is 0 Å². The zero-order valence-corrected chi connectivity index (χ0v) is 13.1. The summed E-state index contributed by atoms with van der Waals surface area (Å²) in [6.07, 6.45) is 0.840. The predicted octanol–water partition coefficient (Wildman–Crippen LogP) is 1.76. The van der Waals surface area contributed by atoms with E-state index in [-0.39, 0.29) is 20.9 Å². The zero-order valence-electron chi connectivity index (χ0n) is 9.93. The van der Waals surface area contributed by atoms with Crippen molar-refractivity contribution in [1.29, 1.82) is 0 Å². The number of thioether (sulfide) groups is 1. The van der Waals surface area contributed by atoms with E-state index in [0.29, 0.717) is 5.56 Å². The van der Waals surface area contributed by atoms with Crippen LogP contribution in [-0.2, 0) is 10.0 Å². The highest BCUT2D eigenvalue weighted by molar-refractivity contribution is 7.99. The molecule has 0 aromatic heterocycles. The van der Waals surface area contributed by atoms with Crippen LogP contribution in [0, 0.1) is 0 Å². The van der Waals surface area contributed by atoms with E-state index in [4.69, 9.17) is 29.6 Å². The first-order valence-electron chi connectivity index (χ1n) is 5.59. The van der Waals surface area contributed by atoms with Crippen molar-refractivity contribution in [3.63, 3.8) is 0 Å². The second kappa shape index (κ2) is 5.97. The average molecular weight is 337 g/mol. The summed E-state index contributed by atoms with van der Waals surface area (Å²) < 4.78 is 27.1. The quantitative estimate of drug-likeness (QED) is 0.820. The van der Waals surface area contributed by atoms with Gasteiger partial charge >= 0.3 is 0 Å². The Balaban J connectivity index is 2.27. The molecule has 3 N–H and O–H groups in total. The number of nitrogens with one attached hydrogen (secondary N) is 1. The van der Waals surface area contributed by atoms with E-state index in [9.17, 15) is 8.42 Å². The summed E-state index contributed by atoms with van der Waals surface area (Å²) >= 11 is 12.6. The minimum atomic E-state index is -3.60. The maximum absolute atomic E-state index is 12.2. The summed E-state index contributed by atoms with van der Waals surface area (Å²) in [5.41, 5.74) is 6.03. The minimum absolute atomic E-state index is 0.0265. The molecule has 0 amide bonds. The average Bonchev–Trinajstić information content (AvgIpc) is 2.80. The van der Waals surface area contributed by atoms with Gasteiger partial charge in [-0.05, 0) is 24.3 Å². The molecule has 0 bridgehead atoms. The van der Waals surface area contributed by atoms with Crippen LogP contribution in [0.2, 0.25) is 5.02 Å². The fourth-order valence-corrected chi connectivity index (χ4v) is 4.98. The molecular formula is C11H13ClN2O2S3. The number of hydrogen-bond donors (Lipinski definition) is 2. The molecule has 4 nitrogen and oxygen atoms in total. The molecule has 1 fully saturated rings. The van der Waals surface area contributed by atoms with Crippen LogP contribution in [-0.4, -0.2) is 31.0 Å². The molecule has 1 saturated heterocycles. The minimum Gasteiger partial charge on any atom is -0.389 e. The van der Waals surface area contributed by atoms with Gasteiger partial charge in [0.25, 0.3) is 0 Å². The Morgan fingerprint density at radius 2 is 2.26 bits per heavy atom. The monoisotopic (exact) mass is 336 g/mol. The molecule has 8 heteroatoms. The van der Waals surface area contributed by atoms with E-state index in [1.54, 1.807) is 17.8 Å². The summed E-state index contributed by atoms with van der Waals surface area (Å²) in [6, 6.07) is 4.44. The highest BCUT2D eigenvalue weighted by Crippen LogP contribution is 2.25. The van der Waals surface area contributed by atoms with Gasteiger partial charge in [-0.2, -0.15) is 11.8 Å². The van der Waals surface area contributed by atoms with Gasteiger partial charge in [-0.3, -0.25) is 0 Å². The van der Waals surface area contributed by atoms with E-state index >= 15 is 0 Å². The second-order valence-corrected chi connectivity index (χ2v) is 7.87. The molecule has 1 heterocycles. The van der Waals surface area contributed by atoms with Crippen LogP contribution >= 0.6 is 35.6 Å². The summed E-state index contributed by atoms with van der Waals surface area (Å²) in [6.45, 7) is 0. The van der Waals surface area contributed by atoms with Gasteiger partial charge < -0.3 is 5.73 Å². The van der Waals surface area contributed by atoms with Gasteiger partial charge in [-0.25, -0.2) is 13.1 Å². The lowest BCUT2D eigenvalue weighted by Crippen LogP contribution is -2.34. The molecule has 0 aliphatic carbocycles. The standard InChI is InChI=1S/C11H13ClN2O2S3/c12-9-5-7(11(13)17)1-2-10(9)19(15,16)14-8-3-4-18-6-8/h1-2,5,8,14H,3-4,6H2,(H2,13,17). The third-order valence-electron chi connectivity index (χ3n) is 2.76. The van der Waals surface area contributed by atoms with E-state index < -0.39 is 10.0 Å². The lowest BCUT2D eigenvalue weighted by atomic mass is 10.2. The number of thiocarbonyl (C=S) groups is 1. The molecule has 0 saturated carbocycles. The van der Waals surface area contributed by atoms with Crippen molar-refractivity contribution in [2.75, 3.05) is 11.5 Å². The van der Waals surface area contributed by atoms with Crippen molar-refractivity contribution in [2.45, 2.75) is 17.4 Å². The number of nitrogens with two attached hydrogens (primary N) is 1. The first-order chi connectivity index (χ1) is 8.90. The molecule has 1 aromatic rings. The molecule has 0 spiro atoms. The van der Waals surface area contributed by atoms with Crippen molar-refractivity contribution in [2.24, 2.45) is 5.73 Å². The first kappa shape index (κ1) is 15.1. The third-order valence-corrected chi connectivity index (χ3v) is 6.16. The molecule has 19 heavy (non-hydrogen) atoms. The van der Waals surface area contributed by atoms with Crippen LogP contribution in [0.15, 0.2) is 23.1 Å². The van der Waals surface area contributed by atoms with Gasteiger partial charge in [-0.1, -0.05) is 29.9 Å². The van der Waals surface area contributed by atoms with Crippen LogP contribution in [0.25, 0.3) is 0 Å². The SMILES string of the molecule is NC(=S)c1ccc(S(=O)(=O)NC2CCSC2)c(Cl)c1. The maximum Gasteiger partial charge on any atom is 0.242 e. The normalized spacial score (nSPS) is 19.5. The lowest BCUT2D eigenvalue weighted by molar-refractivity contribution is 0.563. The van der Waals surface area contributed by atoms with Gasteiger partial charge in [0.15, 0.2) is 0 Å². The Labute approximate surface area is 127 Å². The fourth-order valence-electron chi connectivity index (χ4n) is 1.78. The number of sulfonamides is 1. The fraction of sp³-hybridized carbons (Fsp3) is 0.364. The van der Waals surface area contributed by atoms with Gasteiger partial charge in [0.2, 0.25) is 10.0 Å². The first-order valence-corrected chi connectivity index (χ1v) is 9.02. The van der Waals surface area contributed by atoms with Crippen LogP contribution in [0.5, 0.6) is 0 Å². The summed E-state index contributed by atoms with van der Waals surface area (Å²) in [5.74, 6) is 1.77. The Kier molecular flexibility index (Phi) is 4.73. The molecule has 104 valence electrons. The predicted molar refractivity (Wildman–Crippen MR) is 83.4 cm³/mol. The Bertz CT molecular complexity index is 598. The van der Waals surface area contributed by atoms with Crippen molar-refractivity contribution in [1.82, 2.24) is 4.72 Å². The maximum atomic E-state index is 12.2. The smallest absolute Gasteiger partial charge is 0.242 e. The topological polar surface area (TPSA) is 72.2 Å². The number of rotatable bonds is 4. The zero-order chi connectivity index (χ0) is 14.0. The molecule has 1 aliphatic heterocycles. The molecule has 1 aliphatic rings. The van der Waals surface area contributed by atoms with Crippen molar-refractivity contribution >= 4 is 50.6 Å². The van der Waals surface area contributed by atoms with Crippen LogP contribution < -0.4 is 10.5 Å². The number of halogens is 1.